The lowest BCUT2D eigenvalue weighted by atomic mass is 10.3. The van der Waals surface area contributed by atoms with E-state index in [0.29, 0.717) is 10.7 Å². The van der Waals surface area contributed by atoms with Crippen LogP contribution >= 0.6 is 23.2 Å². The Hall–Kier alpha value is -0.930. The SMILES string of the molecule is Clc1cc2cnc(Cl)nc2cn1. The van der Waals surface area contributed by atoms with E-state index in [2.05, 4.69) is 15.0 Å². The Morgan fingerprint density at radius 1 is 1.08 bits per heavy atom. The maximum absolute atomic E-state index is 5.66. The van der Waals surface area contributed by atoms with Gasteiger partial charge in [0.15, 0.2) is 0 Å². The molecule has 12 heavy (non-hydrogen) atoms. The number of halogens is 2. The first-order valence-corrected chi connectivity index (χ1v) is 3.95. The van der Waals surface area contributed by atoms with Crippen LogP contribution in [0.25, 0.3) is 10.9 Å². The molecule has 0 saturated carbocycles. The quantitative estimate of drug-likeness (QED) is 0.483. The van der Waals surface area contributed by atoms with E-state index < -0.39 is 0 Å². The molecule has 0 atom stereocenters. The second kappa shape index (κ2) is 2.84. The molecule has 0 saturated heterocycles. The fourth-order valence-electron chi connectivity index (χ4n) is 0.885. The smallest absolute Gasteiger partial charge is 0.222 e. The van der Waals surface area contributed by atoms with Crippen LogP contribution in [0.1, 0.15) is 0 Å². The predicted molar refractivity (Wildman–Crippen MR) is 47.4 cm³/mol. The summed E-state index contributed by atoms with van der Waals surface area (Å²) in [6.07, 6.45) is 3.17. The molecule has 0 amide bonds. The molecule has 5 heteroatoms. The van der Waals surface area contributed by atoms with Crippen LogP contribution in [0.2, 0.25) is 10.4 Å². The Labute approximate surface area is 78.4 Å². The molecule has 0 aliphatic heterocycles. The number of pyridine rings is 1. The predicted octanol–water partition coefficient (Wildman–Crippen LogP) is 2.33. The van der Waals surface area contributed by atoms with Crippen LogP contribution in [0, 0.1) is 0 Å². The molecule has 0 radical (unpaired) electrons. The largest absolute Gasteiger partial charge is 0.242 e. The third-order valence-corrected chi connectivity index (χ3v) is 1.79. The highest BCUT2D eigenvalue weighted by Crippen LogP contribution is 2.14. The van der Waals surface area contributed by atoms with E-state index in [9.17, 15) is 0 Å². The van der Waals surface area contributed by atoms with Crippen LogP contribution in [0.5, 0.6) is 0 Å². The maximum Gasteiger partial charge on any atom is 0.222 e. The Kier molecular flexibility index (Phi) is 1.83. The molecule has 3 nitrogen and oxygen atoms in total. The summed E-state index contributed by atoms with van der Waals surface area (Å²) in [4.78, 5) is 11.6. The van der Waals surface area contributed by atoms with Gasteiger partial charge in [0.1, 0.15) is 5.15 Å². The molecule has 0 aromatic carbocycles. The van der Waals surface area contributed by atoms with Crippen molar-refractivity contribution >= 4 is 34.1 Å². The molecule has 0 spiro atoms. The molecule has 0 fully saturated rings. The van der Waals surface area contributed by atoms with Gasteiger partial charge in [-0.15, -0.1) is 0 Å². The Bertz CT molecular complexity index is 389. The van der Waals surface area contributed by atoms with Gasteiger partial charge in [0, 0.05) is 11.6 Å². The van der Waals surface area contributed by atoms with Gasteiger partial charge in [0.05, 0.1) is 11.7 Å². The molecule has 2 heterocycles. The summed E-state index contributed by atoms with van der Waals surface area (Å²) in [6.45, 7) is 0. The standard InChI is InChI=1S/C7H3Cl2N3/c8-6-1-4-2-11-7(9)12-5(4)3-10-6/h1-3H. The lowest BCUT2D eigenvalue weighted by molar-refractivity contribution is 1.20. The van der Waals surface area contributed by atoms with E-state index in [1.54, 1.807) is 18.5 Å². The highest BCUT2D eigenvalue weighted by molar-refractivity contribution is 6.30. The van der Waals surface area contributed by atoms with Gasteiger partial charge in [-0.3, -0.25) is 0 Å². The second-order valence-electron chi connectivity index (χ2n) is 2.20. The summed E-state index contributed by atoms with van der Waals surface area (Å²) in [5.74, 6) is 0. The van der Waals surface area contributed by atoms with Gasteiger partial charge in [0.25, 0.3) is 0 Å². The minimum absolute atomic E-state index is 0.214. The molecule has 2 aromatic heterocycles. The van der Waals surface area contributed by atoms with Crippen molar-refractivity contribution in [2.75, 3.05) is 0 Å². The second-order valence-corrected chi connectivity index (χ2v) is 2.93. The van der Waals surface area contributed by atoms with E-state index in [1.165, 1.54) is 0 Å². The fraction of sp³-hybridized carbons (Fsp3) is 0. The lowest BCUT2D eigenvalue weighted by Crippen LogP contribution is -1.85. The van der Waals surface area contributed by atoms with Crippen LogP contribution in [0.3, 0.4) is 0 Å². The van der Waals surface area contributed by atoms with Gasteiger partial charge in [0.2, 0.25) is 5.28 Å². The molecule has 0 bridgehead atoms. The Morgan fingerprint density at radius 2 is 1.92 bits per heavy atom. The van der Waals surface area contributed by atoms with Gasteiger partial charge in [-0.1, -0.05) is 11.6 Å². The minimum atomic E-state index is 0.214. The summed E-state index contributed by atoms with van der Waals surface area (Å²) >= 11 is 11.2. The summed E-state index contributed by atoms with van der Waals surface area (Å²) in [6, 6.07) is 1.69. The Morgan fingerprint density at radius 3 is 2.75 bits per heavy atom. The zero-order valence-electron chi connectivity index (χ0n) is 5.83. The average Bonchev–Trinajstić information content (AvgIpc) is 2.05. The van der Waals surface area contributed by atoms with E-state index in [1.807, 2.05) is 0 Å². The van der Waals surface area contributed by atoms with Gasteiger partial charge in [-0.2, -0.15) is 0 Å². The van der Waals surface area contributed by atoms with Crippen LogP contribution in [0.15, 0.2) is 18.5 Å². The fourth-order valence-corrected chi connectivity index (χ4v) is 1.19. The van der Waals surface area contributed by atoms with Crippen LogP contribution in [-0.4, -0.2) is 15.0 Å². The minimum Gasteiger partial charge on any atom is -0.242 e. The number of nitrogens with zero attached hydrogens (tertiary/aromatic N) is 3. The molecule has 0 aliphatic carbocycles. The van der Waals surface area contributed by atoms with Crippen molar-refractivity contribution in [3.63, 3.8) is 0 Å². The molecule has 0 N–H and O–H groups in total. The van der Waals surface area contributed by atoms with Crippen molar-refractivity contribution in [3.05, 3.63) is 28.9 Å². The zero-order chi connectivity index (χ0) is 8.55. The van der Waals surface area contributed by atoms with Crippen LogP contribution in [0.4, 0.5) is 0 Å². The number of hydrogen-bond acceptors (Lipinski definition) is 3. The molecular weight excluding hydrogens is 197 g/mol. The third kappa shape index (κ3) is 1.33. The van der Waals surface area contributed by atoms with E-state index in [0.717, 1.165) is 5.39 Å². The first-order valence-electron chi connectivity index (χ1n) is 3.19. The summed E-state index contributed by atoms with van der Waals surface area (Å²) in [7, 11) is 0. The third-order valence-electron chi connectivity index (χ3n) is 1.40. The molecule has 2 aromatic rings. The van der Waals surface area contributed by atoms with Crippen molar-refractivity contribution in [3.8, 4) is 0 Å². The summed E-state index contributed by atoms with van der Waals surface area (Å²) < 4.78 is 0. The monoisotopic (exact) mass is 199 g/mol. The van der Waals surface area contributed by atoms with Crippen molar-refractivity contribution < 1.29 is 0 Å². The lowest BCUT2D eigenvalue weighted by Gasteiger charge is -1.95. The number of fused-ring (bicyclic) bond motifs is 1. The van der Waals surface area contributed by atoms with Gasteiger partial charge in [-0.25, -0.2) is 15.0 Å². The topological polar surface area (TPSA) is 38.7 Å². The first-order chi connectivity index (χ1) is 5.75. The summed E-state index contributed by atoms with van der Waals surface area (Å²) in [5.41, 5.74) is 0.694. The molecule has 60 valence electrons. The summed E-state index contributed by atoms with van der Waals surface area (Å²) in [5, 5.41) is 1.47. The molecule has 0 aliphatic rings. The number of aromatic nitrogens is 3. The van der Waals surface area contributed by atoms with E-state index in [4.69, 9.17) is 23.2 Å². The Balaban J connectivity index is 2.79. The highest BCUT2D eigenvalue weighted by atomic mass is 35.5. The van der Waals surface area contributed by atoms with Gasteiger partial charge in [-0.05, 0) is 17.7 Å². The molecular formula is C7H3Cl2N3. The van der Waals surface area contributed by atoms with Gasteiger partial charge < -0.3 is 0 Å². The zero-order valence-corrected chi connectivity index (χ0v) is 7.34. The maximum atomic E-state index is 5.66. The van der Waals surface area contributed by atoms with Crippen LogP contribution in [-0.2, 0) is 0 Å². The first kappa shape index (κ1) is 7.71. The van der Waals surface area contributed by atoms with E-state index in [-0.39, 0.29) is 5.28 Å². The van der Waals surface area contributed by atoms with Crippen molar-refractivity contribution in [1.29, 1.82) is 0 Å². The number of hydrogen-bond donors (Lipinski definition) is 0. The highest BCUT2D eigenvalue weighted by Gasteiger charge is 1.98. The molecule has 0 unspecified atom stereocenters. The number of rotatable bonds is 0. The molecule has 2 rings (SSSR count). The van der Waals surface area contributed by atoms with Crippen molar-refractivity contribution in [1.82, 2.24) is 15.0 Å². The van der Waals surface area contributed by atoms with Crippen molar-refractivity contribution in [2.24, 2.45) is 0 Å². The normalized spacial score (nSPS) is 10.5. The van der Waals surface area contributed by atoms with Crippen molar-refractivity contribution in [2.45, 2.75) is 0 Å². The van der Waals surface area contributed by atoms with E-state index >= 15 is 0 Å². The average molecular weight is 200 g/mol. The van der Waals surface area contributed by atoms with Crippen LogP contribution < -0.4 is 0 Å². The van der Waals surface area contributed by atoms with Gasteiger partial charge >= 0.3 is 0 Å².